The van der Waals surface area contributed by atoms with Crippen molar-refractivity contribution in [1.29, 1.82) is 0 Å². The predicted molar refractivity (Wildman–Crippen MR) is 139 cm³/mol. The fourth-order valence-corrected chi connectivity index (χ4v) is 3.28. The number of benzene rings is 3. The Bertz CT molecular complexity index is 1270. The fourth-order valence-electron chi connectivity index (χ4n) is 2.82. The number of amides is 3. The maximum absolute atomic E-state index is 12.1. The van der Waals surface area contributed by atoms with Crippen LogP contribution in [0.4, 0.5) is 11.4 Å². The number of para-hydroxylation sites is 2. The molecule has 0 aromatic heterocycles. The molecule has 9 nitrogen and oxygen atoms in total. The van der Waals surface area contributed by atoms with E-state index in [4.69, 9.17) is 32.7 Å². The lowest BCUT2D eigenvalue weighted by Crippen LogP contribution is -2.32. The van der Waals surface area contributed by atoms with Crippen LogP contribution >= 0.6 is 23.2 Å². The smallest absolute Gasteiger partial charge is 0.329 e. The number of carbonyl (C=O) groups excluding carboxylic acids is 3. The van der Waals surface area contributed by atoms with Gasteiger partial charge < -0.3 is 20.1 Å². The number of anilines is 2. The predicted octanol–water partition coefficient (Wildman–Crippen LogP) is 4.50. The van der Waals surface area contributed by atoms with Crippen LogP contribution < -0.4 is 25.5 Å². The first-order chi connectivity index (χ1) is 17.4. The number of carbonyl (C=O) groups is 3. The van der Waals surface area contributed by atoms with Gasteiger partial charge in [0.1, 0.15) is 11.5 Å². The topological polar surface area (TPSA) is 118 Å². The second kappa shape index (κ2) is 13.1. The Kier molecular flexibility index (Phi) is 9.67. The van der Waals surface area contributed by atoms with Gasteiger partial charge in [0.2, 0.25) is 0 Å². The van der Waals surface area contributed by atoms with E-state index in [1.54, 1.807) is 60.7 Å². The van der Waals surface area contributed by atoms with Crippen molar-refractivity contribution in [3.05, 3.63) is 82.3 Å². The van der Waals surface area contributed by atoms with E-state index in [2.05, 4.69) is 21.2 Å². The molecule has 11 heteroatoms. The van der Waals surface area contributed by atoms with Crippen molar-refractivity contribution in [2.45, 2.75) is 6.92 Å². The number of nitrogens with zero attached hydrogens (tertiary/aromatic N) is 1. The van der Waals surface area contributed by atoms with Gasteiger partial charge in [0.25, 0.3) is 5.91 Å². The molecule has 0 saturated heterocycles. The second-order valence-corrected chi connectivity index (χ2v) is 7.96. The highest BCUT2D eigenvalue weighted by Gasteiger charge is 2.15. The van der Waals surface area contributed by atoms with Crippen molar-refractivity contribution in [3.8, 4) is 11.5 Å². The zero-order chi connectivity index (χ0) is 25.9. The summed E-state index contributed by atoms with van der Waals surface area (Å²) in [5, 5.41) is 9.68. The third kappa shape index (κ3) is 8.00. The zero-order valence-electron chi connectivity index (χ0n) is 19.1. The van der Waals surface area contributed by atoms with Crippen molar-refractivity contribution >= 4 is 58.5 Å². The molecule has 0 atom stereocenters. The third-order valence-electron chi connectivity index (χ3n) is 4.48. The Labute approximate surface area is 217 Å². The first-order valence-corrected chi connectivity index (χ1v) is 11.4. The molecule has 0 spiro atoms. The minimum atomic E-state index is -0.940. The lowest BCUT2D eigenvalue weighted by Gasteiger charge is -2.10. The molecule has 0 fully saturated rings. The van der Waals surface area contributed by atoms with E-state index in [0.29, 0.717) is 45.1 Å². The van der Waals surface area contributed by atoms with Gasteiger partial charge in [-0.25, -0.2) is 5.43 Å². The van der Waals surface area contributed by atoms with E-state index >= 15 is 0 Å². The van der Waals surface area contributed by atoms with Crippen LogP contribution in [0, 0.1) is 0 Å². The molecule has 186 valence electrons. The monoisotopic (exact) mass is 528 g/mol. The molecule has 0 bridgehead atoms. The Morgan fingerprint density at radius 2 is 1.64 bits per heavy atom. The molecule has 0 heterocycles. The van der Waals surface area contributed by atoms with Crippen LogP contribution in [-0.4, -0.2) is 37.1 Å². The molecule has 3 N–H and O–H groups in total. The molecule has 3 aromatic carbocycles. The van der Waals surface area contributed by atoms with Crippen molar-refractivity contribution in [2.24, 2.45) is 5.10 Å². The normalized spacial score (nSPS) is 10.5. The maximum atomic E-state index is 12.1. The van der Waals surface area contributed by atoms with Gasteiger partial charge >= 0.3 is 11.8 Å². The standard InChI is InChI=1S/C25H22Cl2N4O5/c1-2-35-22-6-4-3-5-21(22)30-24(33)25(34)31-28-14-16-7-10-18(11-8-16)36-15-23(32)29-20-12-9-17(26)13-19(20)27/h3-14H,2,15H2,1H3,(H,29,32)(H,30,33)(H,31,34)/b28-14-. The number of rotatable bonds is 9. The van der Waals surface area contributed by atoms with Gasteiger partial charge in [-0.15, -0.1) is 0 Å². The Morgan fingerprint density at radius 1 is 0.889 bits per heavy atom. The van der Waals surface area contributed by atoms with Crippen molar-refractivity contribution in [1.82, 2.24) is 5.43 Å². The number of nitrogens with one attached hydrogen (secondary N) is 3. The molecule has 36 heavy (non-hydrogen) atoms. The Balaban J connectivity index is 1.45. The molecule has 0 saturated carbocycles. The second-order valence-electron chi connectivity index (χ2n) is 7.11. The summed E-state index contributed by atoms with van der Waals surface area (Å²) in [5.41, 5.74) is 3.59. The molecule has 0 unspecified atom stereocenters. The fraction of sp³-hybridized carbons (Fsp3) is 0.120. The Morgan fingerprint density at radius 3 is 2.36 bits per heavy atom. The van der Waals surface area contributed by atoms with Crippen LogP contribution in [0.5, 0.6) is 11.5 Å². The number of hydrogen-bond acceptors (Lipinski definition) is 6. The molecular weight excluding hydrogens is 507 g/mol. The molecular formula is C25H22Cl2N4O5. The van der Waals surface area contributed by atoms with Crippen LogP contribution in [0.3, 0.4) is 0 Å². The highest BCUT2D eigenvalue weighted by atomic mass is 35.5. The summed E-state index contributed by atoms with van der Waals surface area (Å²) in [4.78, 5) is 36.2. The van der Waals surface area contributed by atoms with Gasteiger partial charge in [-0.2, -0.15) is 5.10 Å². The lowest BCUT2D eigenvalue weighted by molar-refractivity contribution is -0.136. The summed E-state index contributed by atoms with van der Waals surface area (Å²) in [6, 6.07) is 18.1. The molecule has 0 aliphatic heterocycles. The van der Waals surface area contributed by atoms with Crippen LogP contribution in [0.15, 0.2) is 71.8 Å². The van der Waals surface area contributed by atoms with E-state index in [9.17, 15) is 14.4 Å². The zero-order valence-corrected chi connectivity index (χ0v) is 20.6. The third-order valence-corrected chi connectivity index (χ3v) is 5.02. The number of hydrazone groups is 1. The van der Waals surface area contributed by atoms with Gasteiger partial charge in [-0.05, 0) is 67.1 Å². The highest BCUT2D eigenvalue weighted by Crippen LogP contribution is 2.25. The van der Waals surface area contributed by atoms with Gasteiger partial charge in [-0.3, -0.25) is 14.4 Å². The molecule has 0 aliphatic carbocycles. The van der Waals surface area contributed by atoms with Crippen LogP contribution in [0.1, 0.15) is 12.5 Å². The Hall–Kier alpha value is -4.08. The van der Waals surface area contributed by atoms with Gasteiger partial charge in [0.05, 0.1) is 29.2 Å². The van der Waals surface area contributed by atoms with Gasteiger partial charge in [0, 0.05) is 5.02 Å². The summed E-state index contributed by atoms with van der Waals surface area (Å²) in [7, 11) is 0. The summed E-state index contributed by atoms with van der Waals surface area (Å²) in [6.45, 7) is 2.00. The molecule has 0 aliphatic rings. The minimum absolute atomic E-state index is 0.232. The molecule has 0 radical (unpaired) electrons. The highest BCUT2D eigenvalue weighted by molar-refractivity contribution is 6.39. The number of ether oxygens (including phenoxy) is 2. The summed E-state index contributed by atoms with van der Waals surface area (Å²) < 4.78 is 10.9. The van der Waals surface area contributed by atoms with Crippen molar-refractivity contribution < 1.29 is 23.9 Å². The minimum Gasteiger partial charge on any atom is -0.492 e. The van der Waals surface area contributed by atoms with Crippen molar-refractivity contribution in [2.75, 3.05) is 23.8 Å². The molecule has 3 rings (SSSR count). The summed E-state index contributed by atoms with van der Waals surface area (Å²) in [6.07, 6.45) is 1.36. The average Bonchev–Trinajstić information content (AvgIpc) is 2.86. The van der Waals surface area contributed by atoms with E-state index in [1.807, 2.05) is 6.92 Å². The first-order valence-electron chi connectivity index (χ1n) is 10.7. The first kappa shape index (κ1) is 26.5. The average molecular weight is 529 g/mol. The van der Waals surface area contributed by atoms with E-state index in [1.165, 1.54) is 12.3 Å². The van der Waals surface area contributed by atoms with Gasteiger partial charge in [-0.1, -0.05) is 35.3 Å². The van der Waals surface area contributed by atoms with Crippen molar-refractivity contribution in [3.63, 3.8) is 0 Å². The SMILES string of the molecule is CCOc1ccccc1NC(=O)C(=O)N/N=C\c1ccc(OCC(=O)Nc2ccc(Cl)cc2Cl)cc1. The number of hydrogen-bond donors (Lipinski definition) is 3. The number of halogens is 2. The maximum Gasteiger partial charge on any atom is 0.329 e. The summed E-state index contributed by atoms with van der Waals surface area (Å²) in [5.74, 6) is -1.32. The van der Waals surface area contributed by atoms with Crippen LogP contribution in [0.2, 0.25) is 10.0 Å². The quantitative estimate of drug-likeness (QED) is 0.214. The molecule has 3 amide bonds. The van der Waals surface area contributed by atoms with E-state index in [0.717, 1.165) is 0 Å². The van der Waals surface area contributed by atoms with E-state index in [-0.39, 0.29) is 6.61 Å². The van der Waals surface area contributed by atoms with Gasteiger partial charge in [0.15, 0.2) is 6.61 Å². The van der Waals surface area contributed by atoms with Crippen LogP contribution in [-0.2, 0) is 14.4 Å². The summed E-state index contributed by atoms with van der Waals surface area (Å²) >= 11 is 11.9. The lowest BCUT2D eigenvalue weighted by atomic mass is 10.2. The van der Waals surface area contributed by atoms with E-state index < -0.39 is 17.7 Å². The van der Waals surface area contributed by atoms with Crippen LogP contribution in [0.25, 0.3) is 0 Å². The largest absolute Gasteiger partial charge is 0.492 e. The molecule has 3 aromatic rings.